The summed E-state index contributed by atoms with van der Waals surface area (Å²) < 4.78 is 20.3. The topological polar surface area (TPSA) is 105 Å². The van der Waals surface area contributed by atoms with Gasteiger partial charge in [0.15, 0.2) is 0 Å². The third-order valence-electron chi connectivity index (χ3n) is 3.23. The molecule has 0 heterocycles. The molecule has 0 unspecified atom stereocenters. The first-order valence-electron chi connectivity index (χ1n) is 7.39. The minimum absolute atomic E-state index is 0.250. The van der Waals surface area contributed by atoms with Gasteiger partial charge in [-0.25, -0.2) is 9.18 Å². The highest BCUT2D eigenvalue weighted by Crippen LogP contribution is 2.30. The lowest BCUT2D eigenvalue weighted by Crippen LogP contribution is -2.35. The van der Waals surface area contributed by atoms with E-state index in [9.17, 15) is 14.0 Å². The van der Waals surface area contributed by atoms with Crippen LogP contribution in [0, 0.1) is 24.3 Å². The van der Waals surface area contributed by atoms with Crippen molar-refractivity contribution in [1.82, 2.24) is 5.32 Å². The van der Waals surface area contributed by atoms with E-state index in [2.05, 4.69) is 45.2 Å². The van der Waals surface area contributed by atoms with Crippen molar-refractivity contribution in [3.05, 3.63) is 66.1 Å². The molecule has 2 aromatic rings. The average molecular weight is 591 g/mol. The summed E-state index contributed by atoms with van der Waals surface area (Å²) in [5.74, 6) is -0.544. The lowest BCUT2D eigenvalue weighted by molar-refractivity contribution is -0.115. The van der Waals surface area contributed by atoms with E-state index in [4.69, 9.17) is 15.7 Å². The summed E-state index contributed by atoms with van der Waals surface area (Å²) >= 11 is 4.16. The Morgan fingerprint density at radius 3 is 2.33 bits per heavy atom. The molecule has 0 fully saturated rings. The predicted octanol–water partition coefficient (Wildman–Crippen LogP) is 3.72. The number of imide groups is 1. The molecule has 0 aliphatic rings. The maximum Gasteiger partial charge on any atom is 0.319 e. The summed E-state index contributed by atoms with van der Waals surface area (Å²) in [4.78, 5) is 22.5. The Morgan fingerprint density at radius 2 is 1.81 bits per heavy atom. The molecule has 0 spiro atoms. The molecular weight excluding hydrogens is 579 g/mol. The van der Waals surface area contributed by atoms with Crippen molar-refractivity contribution < 1.29 is 18.7 Å². The lowest BCUT2D eigenvalue weighted by atomic mass is 10.1. The van der Waals surface area contributed by atoms with E-state index in [1.54, 1.807) is 30.3 Å². The van der Waals surface area contributed by atoms with Crippen molar-refractivity contribution in [3.8, 4) is 11.8 Å². The van der Waals surface area contributed by atoms with E-state index in [0.717, 1.165) is 12.7 Å². The number of carbonyl (C=O) groups is 2. The minimum Gasteiger partial charge on any atom is -0.487 e. The molecule has 9 heteroatoms. The zero-order valence-electron chi connectivity index (χ0n) is 13.6. The average Bonchev–Trinajstić information content (AvgIpc) is 2.59. The highest BCUT2D eigenvalue weighted by atomic mass is 127. The molecule has 2 aromatic carbocycles. The first-order valence-corrected chi connectivity index (χ1v) is 9.54. The van der Waals surface area contributed by atoms with Crippen LogP contribution in [0.4, 0.5) is 9.18 Å². The van der Waals surface area contributed by atoms with Gasteiger partial charge in [0, 0.05) is 0 Å². The highest BCUT2D eigenvalue weighted by Gasteiger charge is 2.13. The van der Waals surface area contributed by atoms with Gasteiger partial charge in [-0.2, -0.15) is 5.26 Å². The molecule has 0 aliphatic carbocycles. The number of carbonyl (C=O) groups excluding carboxylic acids is 2. The van der Waals surface area contributed by atoms with Crippen LogP contribution in [0.15, 0.2) is 42.0 Å². The molecule has 0 atom stereocenters. The van der Waals surface area contributed by atoms with Crippen LogP contribution in [-0.2, 0) is 11.4 Å². The fraction of sp³-hybridized carbons (Fsp3) is 0.0556. The largest absolute Gasteiger partial charge is 0.487 e. The third-order valence-corrected chi connectivity index (χ3v) is 4.83. The number of rotatable bonds is 5. The summed E-state index contributed by atoms with van der Waals surface area (Å²) in [6.07, 6.45) is 1.35. The molecule has 3 amide bonds. The molecule has 138 valence electrons. The molecule has 3 N–H and O–H groups in total. The van der Waals surface area contributed by atoms with Crippen LogP contribution >= 0.6 is 45.2 Å². The van der Waals surface area contributed by atoms with Gasteiger partial charge < -0.3 is 10.5 Å². The van der Waals surface area contributed by atoms with Crippen LogP contribution in [0.2, 0.25) is 0 Å². The van der Waals surface area contributed by atoms with Crippen LogP contribution in [-0.4, -0.2) is 11.9 Å². The Hall–Kier alpha value is -2.20. The van der Waals surface area contributed by atoms with E-state index in [0.29, 0.717) is 11.3 Å². The Balaban J connectivity index is 2.21. The predicted molar refractivity (Wildman–Crippen MR) is 114 cm³/mol. The number of nitriles is 1. The number of nitrogens with one attached hydrogen (secondary N) is 1. The quantitative estimate of drug-likeness (QED) is 0.315. The van der Waals surface area contributed by atoms with Gasteiger partial charge in [0.2, 0.25) is 0 Å². The number of benzene rings is 2. The summed E-state index contributed by atoms with van der Waals surface area (Å²) in [6, 6.07) is 10.2. The number of primary amides is 1. The third kappa shape index (κ3) is 6.17. The molecule has 0 bridgehead atoms. The summed E-state index contributed by atoms with van der Waals surface area (Å²) in [5, 5.41) is 11.0. The van der Waals surface area contributed by atoms with Crippen molar-refractivity contribution in [3.63, 3.8) is 0 Å². The second-order valence-electron chi connectivity index (χ2n) is 5.22. The van der Waals surface area contributed by atoms with Crippen molar-refractivity contribution >= 4 is 63.2 Å². The maximum atomic E-state index is 13.0. The van der Waals surface area contributed by atoms with Gasteiger partial charge in [-0.1, -0.05) is 12.1 Å². The molecule has 2 rings (SSSR count). The smallest absolute Gasteiger partial charge is 0.319 e. The molecule has 0 saturated carbocycles. The van der Waals surface area contributed by atoms with Crippen LogP contribution in [0.25, 0.3) is 6.08 Å². The zero-order valence-corrected chi connectivity index (χ0v) is 17.9. The standard InChI is InChI=1S/C18H12FI2N3O3/c19-13-3-1-10(2-4-13)9-27-16-14(20)6-11(7-15(16)21)5-12(8-22)17(25)24-18(23)26/h1-7H,9H2,(H3,23,24,25,26)/b12-5-. The summed E-state index contributed by atoms with van der Waals surface area (Å²) in [5.41, 5.74) is 6.05. The van der Waals surface area contributed by atoms with E-state index < -0.39 is 11.9 Å². The number of hydrogen-bond donors (Lipinski definition) is 2. The summed E-state index contributed by atoms with van der Waals surface area (Å²) in [7, 11) is 0. The van der Waals surface area contributed by atoms with Crippen molar-refractivity contribution in [2.75, 3.05) is 0 Å². The molecule has 6 nitrogen and oxygen atoms in total. The van der Waals surface area contributed by atoms with Crippen molar-refractivity contribution in [2.45, 2.75) is 6.61 Å². The van der Waals surface area contributed by atoms with Gasteiger partial charge >= 0.3 is 6.03 Å². The second-order valence-corrected chi connectivity index (χ2v) is 7.54. The van der Waals surface area contributed by atoms with Crippen LogP contribution < -0.4 is 15.8 Å². The number of halogens is 3. The van der Waals surface area contributed by atoms with Crippen LogP contribution in [0.3, 0.4) is 0 Å². The van der Waals surface area contributed by atoms with Crippen LogP contribution in [0.5, 0.6) is 5.75 Å². The van der Waals surface area contributed by atoms with Crippen molar-refractivity contribution in [1.29, 1.82) is 5.26 Å². The Kier molecular flexibility index (Phi) is 7.55. The van der Waals surface area contributed by atoms with Crippen molar-refractivity contribution in [2.24, 2.45) is 5.73 Å². The number of amides is 3. The van der Waals surface area contributed by atoms with E-state index in [-0.39, 0.29) is 18.0 Å². The zero-order chi connectivity index (χ0) is 20.0. The summed E-state index contributed by atoms with van der Waals surface area (Å²) in [6.45, 7) is 0.270. The van der Waals surface area contributed by atoms with E-state index in [1.807, 2.05) is 5.32 Å². The number of ether oxygens (including phenoxy) is 1. The molecule has 27 heavy (non-hydrogen) atoms. The first kappa shape index (κ1) is 21.1. The van der Waals surface area contributed by atoms with E-state index >= 15 is 0 Å². The van der Waals surface area contributed by atoms with E-state index in [1.165, 1.54) is 18.2 Å². The Morgan fingerprint density at radius 1 is 1.22 bits per heavy atom. The fourth-order valence-electron chi connectivity index (χ4n) is 2.03. The van der Waals surface area contributed by atoms with Crippen LogP contribution in [0.1, 0.15) is 11.1 Å². The van der Waals surface area contributed by atoms with Gasteiger partial charge in [-0.3, -0.25) is 10.1 Å². The number of nitrogens with two attached hydrogens (primary N) is 1. The van der Waals surface area contributed by atoms with Gasteiger partial charge in [0.1, 0.15) is 29.8 Å². The Bertz CT molecular complexity index is 930. The first-order chi connectivity index (χ1) is 12.8. The molecule has 0 aromatic heterocycles. The number of hydrogen-bond acceptors (Lipinski definition) is 4. The molecule has 0 aliphatic heterocycles. The minimum atomic E-state index is -1.03. The highest BCUT2D eigenvalue weighted by molar-refractivity contribution is 14.1. The van der Waals surface area contributed by atoms with Gasteiger partial charge in [0.05, 0.1) is 7.14 Å². The maximum absolute atomic E-state index is 13.0. The van der Waals surface area contributed by atoms with Gasteiger partial charge in [0.25, 0.3) is 5.91 Å². The number of nitrogens with zero attached hydrogens (tertiary/aromatic N) is 1. The second kappa shape index (κ2) is 9.65. The SMILES string of the molecule is N#C/C(=C/c1cc(I)c(OCc2ccc(F)cc2)c(I)c1)C(=O)NC(N)=O. The Labute approximate surface area is 181 Å². The number of urea groups is 1. The normalized spacial score (nSPS) is 10.8. The molecular formula is C18H12FI2N3O3. The molecule has 0 saturated heterocycles. The fourth-order valence-corrected chi connectivity index (χ4v) is 4.16. The monoisotopic (exact) mass is 591 g/mol. The van der Waals surface area contributed by atoms with Gasteiger partial charge in [-0.05, 0) is 86.7 Å². The lowest BCUT2D eigenvalue weighted by Gasteiger charge is -2.12. The molecule has 0 radical (unpaired) electrons. The van der Waals surface area contributed by atoms with Gasteiger partial charge in [-0.15, -0.1) is 0 Å².